The number of nitrogens with one attached hydrogen (secondary N) is 1. The van der Waals surface area contributed by atoms with Gasteiger partial charge >= 0.3 is 0 Å². The quantitative estimate of drug-likeness (QED) is 0.507. The lowest BCUT2D eigenvalue weighted by molar-refractivity contribution is -0.122. The summed E-state index contributed by atoms with van der Waals surface area (Å²) in [6.45, 7) is 0.801. The minimum absolute atomic E-state index is 0.173. The second kappa shape index (κ2) is 8.56. The normalized spacial score (nSPS) is 16.6. The maximum absolute atomic E-state index is 12.7. The number of carbonyl (C=O) groups excluding carboxylic acids is 2. The molecule has 29 heavy (non-hydrogen) atoms. The number of ether oxygens (including phenoxy) is 2. The molecule has 2 aliphatic rings. The molecule has 0 saturated carbocycles. The van der Waals surface area contributed by atoms with Crippen molar-refractivity contribution in [1.29, 1.82) is 0 Å². The zero-order valence-corrected chi connectivity index (χ0v) is 18.2. The average Bonchev–Trinajstić information content (AvgIpc) is 3.27. The molecular weight excluding hydrogens is 476 g/mol. The maximum atomic E-state index is 12.7. The molecular formula is C20H15BrN2O4S2. The van der Waals surface area contributed by atoms with Crippen molar-refractivity contribution in [3.05, 3.63) is 63.0 Å². The molecule has 2 aliphatic heterocycles. The molecule has 0 radical (unpaired) electrons. The molecule has 4 rings (SSSR count). The van der Waals surface area contributed by atoms with Crippen LogP contribution in [0.25, 0.3) is 6.08 Å². The molecule has 148 valence electrons. The van der Waals surface area contributed by atoms with Crippen LogP contribution in [0.2, 0.25) is 0 Å². The fourth-order valence-corrected chi connectivity index (χ4v) is 4.64. The number of benzene rings is 2. The van der Waals surface area contributed by atoms with Crippen LogP contribution in [-0.4, -0.2) is 40.9 Å². The fourth-order valence-electron chi connectivity index (χ4n) is 2.87. The number of nitrogens with zero attached hydrogens (tertiary/aromatic N) is 1. The van der Waals surface area contributed by atoms with Gasteiger partial charge in [-0.15, -0.1) is 0 Å². The number of carbonyl (C=O) groups is 2. The molecule has 0 aliphatic carbocycles. The fraction of sp³-hybridized carbons (Fsp3) is 0.150. The van der Waals surface area contributed by atoms with Crippen molar-refractivity contribution in [3.8, 4) is 11.5 Å². The molecule has 6 nitrogen and oxygen atoms in total. The van der Waals surface area contributed by atoms with Gasteiger partial charge in [-0.05, 0) is 51.8 Å². The Morgan fingerprint density at radius 3 is 2.86 bits per heavy atom. The van der Waals surface area contributed by atoms with E-state index in [-0.39, 0.29) is 18.6 Å². The molecule has 2 aromatic rings. The Labute approximate surface area is 185 Å². The smallest absolute Gasteiger partial charge is 0.266 e. The van der Waals surface area contributed by atoms with Crippen LogP contribution in [0.4, 0.5) is 0 Å². The van der Waals surface area contributed by atoms with E-state index in [4.69, 9.17) is 21.7 Å². The first-order valence-electron chi connectivity index (χ1n) is 8.70. The number of halogens is 1. The molecule has 2 amide bonds. The third kappa shape index (κ3) is 4.31. The van der Waals surface area contributed by atoms with Crippen LogP contribution in [0.1, 0.15) is 15.9 Å². The minimum Gasteiger partial charge on any atom is -0.454 e. The standard InChI is InChI=1S/C20H15BrN2O4S2/c21-14-4-2-1-3-13(14)18(24)22-7-8-23-19(25)17(29-20(23)28)10-12-5-6-15-16(9-12)27-11-26-15/h1-6,9-10H,7-8,11H2,(H,22,24)/b17-10+. The summed E-state index contributed by atoms with van der Waals surface area (Å²) >= 11 is 9.95. The summed E-state index contributed by atoms with van der Waals surface area (Å²) in [6.07, 6.45) is 1.78. The summed E-state index contributed by atoms with van der Waals surface area (Å²) in [7, 11) is 0. The predicted molar refractivity (Wildman–Crippen MR) is 119 cm³/mol. The summed E-state index contributed by atoms with van der Waals surface area (Å²) in [5.74, 6) is 0.964. The third-order valence-corrected chi connectivity index (χ3v) is 6.38. The van der Waals surface area contributed by atoms with Gasteiger partial charge in [0.25, 0.3) is 11.8 Å². The molecule has 9 heteroatoms. The van der Waals surface area contributed by atoms with Crippen LogP contribution in [0.3, 0.4) is 0 Å². The number of fused-ring (bicyclic) bond motifs is 1. The molecule has 2 aromatic carbocycles. The van der Waals surface area contributed by atoms with Crippen molar-refractivity contribution < 1.29 is 19.1 Å². The lowest BCUT2D eigenvalue weighted by atomic mass is 10.2. The van der Waals surface area contributed by atoms with E-state index in [9.17, 15) is 9.59 Å². The minimum atomic E-state index is -0.209. The summed E-state index contributed by atoms with van der Waals surface area (Å²) in [6, 6.07) is 12.7. The van der Waals surface area contributed by atoms with Crippen molar-refractivity contribution in [2.75, 3.05) is 19.9 Å². The van der Waals surface area contributed by atoms with Gasteiger partial charge in [-0.2, -0.15) is 0 Å². The topological polar surface area (TPSA) is 67.9 Å². The molecule has 0 bridgehead atoms. The van der Waals surface area contributed by atoms with Gasteiger partial charge < -0.3 is 14.8 Å². The third-order valence-electron chi connectivity index (χ3n) is 4.31. The predicted octanol–water partition coefficient (Wildman–Crippen LogP) is 3.81. The Morgan fingerprint density at radius 2 is 2.03 bits per heavy atom. The molecule has 0 atom stereocenters. The number of hydrogen-bond donors (Lipinski definition) is 1. The molecule has 1 fully saturated rings. The highest BCUT2D eigenvalue weighted by Crippen LogP contribution is 2.36. The highest BCUT2D eigenvalue weighted by Gasteiger charge is 2.31. The number of rotatable bonds is 5. The zero-order chi connectivity index (χ0) is 20.4. The molecule has 1 saturated heterocycles. The van der Waals surface area contributed by atoms with Gasteiger partial charge in [0.2, 0.25) is 6.79 Å². The van der Waals surface area contributed by atoms with Crippen LogP contribution < -0.4 is 14.8 Å². The number of thioether (sulfide) groups is 1. The van der Waals surface area contributed by atoms with Crippen molar-refractivity contribution in [2.24, 2.45) is 0 Å². The number of amides is 2. The van der Waals surface area contributed by atoms with Crippen LogP contribution in [-0.2, 0) is 4.79 Å². The Bertz CT molecular complexity index is 1040. The number of thiocarbonyl (C=S) groups is 1. The van der Waals surface area contributed by atoms with Crippen LogP contribution >= 0.6 is 39.9 Å². The van der Waals surface area contributed by atoms with Gasteiger partial charge in [-0.25, -0.2) is 0 Å². The summed E-state index contributed by atoms with van der Waals surface area (Å²) in [5.41, 5.74) is 1.37. The first kappa shape index (κ1) is 19.9. The molecule has 1 N–H and O–H groups in total. The monoisotopic (exact) mass is 490 g/mol. The maximum Gasteiger partial charge on any atom is 0.266 e. The van der Waals surface area contributed by atoms with E-state index in [2.05, 4.69) is 21.2 Å². The Morgan fingerprint density at radius 1 is 1.24 bits per heavy atom. The molecule has 0 spiro atoms. The van der Waals surface area contributed by atoms with Crippen molar-refractivity contribution in [3.63, 3.8) is 0 Å². The SMILES string of the molecule is O=C(NCCN1C(=O)/C(=C\c2ccc3c(c2)OCO3)SC1=S)c1ccccc1Br. The van der Waals surface area contributed by atoms with E-state index >= 15 is 0 Å². The Balaban J connectivity index is 1.38. The van der Waals surface area contributed by atoms with E-state index in [0.29, 0.717) is 39.4 Å². The summed E-state index contributed by atoms with van der Waals surface area (Å²) in [5, 5.41) is 2.82. The van der Waals surface area contributed by atoms with E-state index < -0.39 is 0 Å². The average molecular weight is 491 g/mol. The van der Waals surface area contributed by atoms with Crippen LogP contribution in [0.5, 0.6) is 11.5 Å². The zero-order valence-electron chi connectivity index (χ0n) is 15.0. The second-order valence-electron chi connectivity index (χ2n) is 6.18. The molecule has 0 unspecified atom stereocenters. The van der Waals surface area contributed by atoms with Gasteiger partial charge in [-0.1, -0.05) is 42.2 Å². The van der Waals surface area contributed by atoms with E-state index in [1.807, 2.05) is 24.3 Å². The first-order valence-corrected chi connectivity index (χ1v) is 10.7. The first-order chi connectivity index (χ1) is 14.0. The highest BCUT2D eigenvalue weighted by molar-refractivity contribution is 9.10. The van der Waals surface area contributed by atoms with Gasteiger partial charge in [0.05, 0.1) is 10.5 Å². The van der Waals surface area contributed by atoms with Crippen molar-refractivity contribution >= 4 is 62.1 Å². The van der Waals surface area contributed by atoms with E-state index in [1.165, 1.54) is 16.7 Å². The molecule has 2 heterocycles. The van der Waals surface area contributed by atoms with Crippen molar-refractivity contribution in [1.82, 2.24) is 10.2 Å². The largest absolute Gasteiger partial charge is 0.454 e. The van der Waals surface area contributed by atoms with Gasteiger partial charge in [-0.3, -0.25) is 14.5 Å². The van der Waals surface area contributed by atoms with Gasteiger partial charge in [0, 0.05) is 17.6 Å². The van der Waals surface area contributed by atoms with Gasteiger partial charge in [0.1, 0.15) is 4.32 Å². The lowest BCUT2D eigenvalue weighted by Gasteiger charge is -2.15. The highest BCUT2D eigenvalue weighted by atomic mass is 79.9. The Kier molecular flexibility index (Phi) is 5.89. The van der Waals surface area contributed by atoms with Crippen LogP contribution in [0, 0.1) is 0 Å². The van der Waals surface area contributed by atoms with E-state index in [1.54, 1.807) is 24.3 Å². The van der Waals surface area contributed by atoms with E-state index in [0.717, 1.165) is 10.0 Å². The number of hydrogen-bond acceptors (Lipinski definition) is 6. The second-order valence-corrected chi connectivity index (χ2v) is 8.71. The lowest BCUT2D eigenvalue weighted by Crippen LogP contribution is -2.37. The van der Waals surface area contributed by atoms with Crippen molar-refractivity contribution in [2.45, 2.75) is 0 Å². The van der Waals surface area contributed by atoms with Crippen LogP contribution in [0.15, 0.2) is 51.8 Å². The van der Waals surface area contributed by atoms with Gasteiger partial charge in [0.15, 0.2) is 11.5 Å². The molecule has 0 aromatic heterocycles. The Hall–Kier alpha value is -2.36. The summed E-state index contributed by atoms with van der Waals surface area (Å²) < 4.78 is 11.9. The summed E-state index contributed by atoms with van der Waals surface area (Å²) in [4.78, 5) is 27.0.